The molecule has 0 radical (unpaired) electrons. The van der Waals surface area contributed by atoms with Crippen LogP contribution in [0.2, 0.25) is 0 Å². The van der Waals surface area contributed by atoms with Crippen molar-refractivity contribution in [2.75, 3.05) is 25.6 Å². The van der Waals surface area contributed by atoms with Crippen molar-refractivity contribution in [1.29, 1.82) is 0 Å². The van der Waals surface area contributed by atoms with E-state index in [1.54, 1.807) is 7.05 Å². The molecule has 18 heavy (non-hydrogen) atoms. The van der Waals surface area contributed by atoms with Gasteiger partial charge in [0.25, 0.3) is 0 Å². The van der Waals surface area contributed by atoms with Crippen molar-refractivity contribution >= 4 is 15.7 Å². The summed E-state index contributed by atoms with van der Waals surface area (Å²) in [6.07, 6.45) is 3.73. The number of amides is 1. The van der Waals surface area contributed by atoms with Crippen molar-refractivity contribution in [3.8, 4) is 0 Å². The van der Waals surface area contributed by atoms with Gasteiger partial charge in [0.1, 0.15) is 9.84 Å². The first kappa shape index (κ1) is 15.4. The molecule has 0 spiro atoms. The predicted octanol–water partition coefficient (Wildman–Crippen LogP) is 0.253. The monoisotopic (exact) mass is 276 g/mol. The van der Waals surface area contributed by atoms with E-state index in [4.69, 9.17) is 5.73 Å². The molecule has 0 heterocycles. The van der Waals surface area contributed by atoms with Crippen LogP contribution < -0.4 is 5.73 Å². The minimum atomic E-state index is -3.02. The molecule has 1 fully saturated rings. The molecule has 0 aromatic carbocycles. The maximum absolute atomic E-state index is 12.2. The minimum Gasteiger partial charge on any atom is -0.345 e. The molecule has 0 aliphatic heterocycles. The van der Waals surface area contributed by atoms with Gasteiger partial charge in [-0.1, -0.05) is 6.92 Å². The molecule has 1 aliphatic carbocycles. The summed E-state index contributed by atoms with van der Waals surface area (Å²) in [5.74, 6) is 0.462. The molecule has 2 N–H and O–H groups in total. The molecule has 1 aliphatic rings. The molecular formula is C12H24N2O3S. The van der Waals surface area contributed by atoms with Gasteiger partial charge in [-0.15, -0.1) is 0 Å². The molecule has 1 amide bonds. The van der Waals surface area contributed by atoms with Crippen LogP contribution in [0.15, 0.2) is 0 Å². The van der Waals surface area contributed by atoms with Crippen molar-refractivity contribution < 1.29 is 13.2 Å². The van der Waals surface area contributed by atoms with E-state index in [-0.39, 0.29) is 30.2 Å². The Morgan fingerprint density at radius 1 is 1.33 bits per heavy atom. The largest absolute Gasteiger partial charge is 0.345 e. The fraction of sp³-hybridized carbons (Fsp3) is 0.917. The van der Waals surface area contributed by atoms with E-state index < -0.39 is 9.84 Å². The standard InChI is InChI=1S/C12H24N2O3S/c1-9-6-10(8-11(13)7-9)12(15)14(2)4-5-18(3,16)17/h9-11H,4-8,13H2,1-3H3. The average Bonchev–Trinajstić information content (AvgIpc) is 2.22. The fourth-order valence-corrected chi connectivity index (χ4v) is 3.19. The number of carbonyl (C=O) groups excluding carboxylic acids is 1. The van der Waals surface area contributed by atoms with E-state index >= 15 is 0 Å². The number of nitrogens with two attached hydrogens (primary N) is 1. The summed E-state index contributed by atoms with van der Waals surface area (Å²) in [5, 5.41) is 0. The van der Waals surface area contributed by atoms with E-state index in [0.717, 1.165) is 12.8 Å². The van der Waals surface area contributed by atoms with E-state index in [1.807, 2.05) is 0 Å². The van der Waals surface area contributed by atoms with Gasteiger partial charge in [0.05, 0.1) is 5.75 Å². The topological polar surface area (TPSA) is 80.5 Å². The van der Waals surface area contributed by atoms with E-state index in [1.165, 1.54) is 11.2 Å². The lowest BCUT2D eigenvalue weighted by molar-refractivity contribution is -0.135. The first-order chi connectivity index (χ1) is 8.19. The van der Waals surface area contributed by atoms with Gasteiger partial charge < -0.3 is 10.6 Å². The summed E-state index contributed by atoms with van der Waals surface area (Å²) >= 11 is 0. The number of sulfone groups is 1. The van der Waals surface area contributed by atoms with E-state index in [2.05, 4.69) is 6.92 Å². The minimum absolute atomic E-state index is 0.0174. The van der Waals surface area contributed by atoms with Gasteiger partial charge in [-0.05, 0) is 25.2 Å². The molecule has 3 unspecified atom stereocenters. The number of hydrogen-bond donors (Lipinski definition) is 1. The summed E-state index contributed by atoms with van der Waals surface area (Å²) in [4.78, 5) is 13.7. The molecule has 1 rings (SSSR count). The number of carbonyl (C=O) groups is 1. The fourth-order valence-electron chi connectivity index (χ4n) is 2.58. The van der Waals surface area contributed by atoms with Crippen molar-refractivity contribution in [3.05, 3.63) is 0 Å². The highest BCUT2D eigenvalue weighted by Gasteiger charge is 2.31. The van der Waals surface area contributed by atoms with Crippen LogP contribution in [-0.2, 0) is 14.6 Å². The third-order valence-corrected chi connectivity index (χ3v) is 4.43. The lowest BCUT2D eigenvalue weighted by atomic mass is 9.79. The van der Waals surface area contributed by atoms with Gasteiger partial charge >= 0.3 is 0 Å². The quantitative estimate of drug-likeness (QED) is 0.798. The molecule has 0 aromatic heterocycles. The molecule has 0 bridgehead atoms. The molecule has 3 atom stereocenters. The van der Waals surface area contributed by atoms with Gasteiger partial charge in [0.15, 0.2) is 0 Å². The number of hydrogen-bond acceptors (Lipinski definition) is 4. The first-order valence-electron chi connectivity index (χ1n) is 6.37. The summed E-state index contributed by atoms with van der Waals surface area (Å²) in [5.41, 5.74) is 5.93. The molecule has 106 valence electrons. The summed E-state index contributed by atoms with van der Waals surface area (Å²) in [6.45, 7) is 2.37. The van der Waals surface area contributed by atoms with Crippen LogP contribution in [0.25, 0.3) is 0 Å². The van der Waals surface area contributed by atoms with Crippen LogP contribution in [0.3, 0.4) is 0 Å². The first-order valence-corrected chi connectivity index (χ1v) is 8.43. The van der Waals surface area contributed by atoms with Crippen molar-refractivity contribution in [2.45, 2.75) is 32.2 Å². The lowest BCUT2D eigenvalue weighted by Gasteiger charge is -2.32. The Labute approximate surface area is 110 Å². The third kappa shape index (κ3) is 4.94. The van der Waals surface area contributed by atoms with Crippen LogP contribution in [0.4, 0.5) is 0 Å². The molecule has 6 heteroatoms. The summed E-state index contributed by atoms with van der Waals surface area (Å²) in [6, 6.07) is 0.0889. The molecule has 0 aromatic rings. The molecular weight excluding hydrogens is 252 g/mol. The van der Waals surface area contributed by atoms with Crippen molar-refractivity contribution in [1.82, 2.24) is 4.90 Å². The Balaban J connectivity index is 2.52. The summed E-state index contributed by atoms with van der Waals surface area (Å²) in [7, 11) is -1.36. The van der Waals surface area contributed by atoms with Gasteiger partial charge in [-0.25, -0.2) is 8.42 Å². The zero-order chi connectivity index (χ0) is 13.9. The van der Waals surface area contributed by atoms with Crippen LogP contribution in [-0.4, -0.2) is 50.9 Å². The highest BCUT2D eigenvalue weighted by molar-refractivity contribution is 7.90. The predicted molar refractivity (Wildman–Crippen MR) is 71.8 cm³/mol. The SMILES string of the molecule is CC1CC(N)CC(C(=O)N(C)CCS(C)(=O)=O)C1. The lowest BCUT2D eigenvalue weighted by Crippen LogP contribution is -2.42. The Morgan fingerprint density at radius 2 is 1.94 bits per heavy atom. The van der Waals surface area contributed by atoms with Crippen LogP contribution in [0, 0.1) is 11.8 Å². The maximum Gasteiger partial charge on any atom is 0.225 e. The van der Waals surface area contributed by atoms with Gasteiger partial charge in [0.2, 0.25) is 5.91 Å². The van der Waals surface area contributed by atoms with E-state index in [0.29, 0.717) is 12.3 Å². The second-order valence-electron chi connectivity index (χ2n) is 5.66. The maximum atomic E-state index is 12.2. The third-order valence-electron chi connectivity index (χ3n) is 3.50. The highest BCUT2D eigenvalue weighted by Crippen LogP contribution is 2.29. The smallest absolute Gasteiger partial charge is 0.225 e. The Bertz CT molecular complexity index is 384. The zero-order valence-corrected chi connectivity index (χ0v) is 12.2. The zero-order valence-electron chi connectivity index (χ0n) is 11.4. The number of rotatable bonds is 4. The van der Waals surface area contributed by atoms with Crippen molar-refractivity contribution in [2.24, 2.45) is 17.6 Å². The van der Waals surface area contributed by atoms with Crippen LogP contribution in [0.5, 0.6) is 0 Å². The van der Waals surface area contributed by atoms with Crippen LogP contribution in [0.1, 0.15) is 26.2 Å². The summed E-state index contributed by atoms with van der Waals surface area (Å²) < 4.78 is 22.2. The molecule has 1 saturated carbocycles. The van der Waals surface area contributed by atoms with E-state index in [9.17, 15) is 13.2 Å². The average molecular weight is 276 g/mol. The Hall–Kier alpha value is -0.620. The van der Waals surface area contributed by atoms with Gasteiger partial charge in [-0.3, -0.25) is 4.79 Å². The number of nitrogens with zero attached hydrogens (tertiary/aromatic N) is 1. The normalized spacial score (nSPS) is 29.0. The molecule has 5 nitrogen and oxygen atoms in total. The van der Waals surface area contributed by atoms with Crippen LogP contribution >= 0.6 is 0 Å². The Kier molecular flexibility index (Phi) is 5.16. The molecule has 0 saturated heterocycles. The van der Waals surface area contributed by atoms with Crippen molar-refractivity contribution in [3.63, 3.8) is 0 Å². The second-order valence-corrected chi connectivity index (χ2v) is 7.92. The van der Waals surface area contributed by atoms with Gasteiger partial charge in [0, 0.05) is 31.8 Å². The van der Waals surface area contributed by atoms with Gasteiger partial charge in [-0.2, -0.15) is 0 Å². The second kappa shape index (κ2) is 6.02. The Morgan fingerprint density at radius 3 is 2.44 bits per heavy atom. The highest BCUT2D eigenvalue weighted by atomic mass is 32.2.